The summed E-state index contributed by atoms with van der Waals surface area (Å²) < 4.78 is 0. The van der Waals surface area contributed by atoms with Gasteiger partial charge in [0.25, 0.3) is 5.69 Å². The van der Waals surface area contributed by atoms with E-state index in [1.165, 1.54) is 18.5 Å². The summed E-state index contributed by atoms with van der Waals surface area (Å²) in [5.41, 5.74) is -0.120. The summed E-state index contributed by atoms with van der Waals surface area (Å²) in [4.78, 5) is 17.9. The van der Waals surface area contributed by atoms with Gasteiger partial charge in [0.2, 0.25) is 0 Å². The zero-order valence-electron chi connectivity index (χ0n) is 8.42. The third-order valence-electron chi connectivity index (χ3n) is 1.89. The molecule has 0 aliphatic rings. The van der Waals surface area contributed by atoms with E-state index in [2.05, 4.69) is 25.5 Å². The Morgan fingerprint density at radius 3 is 3.00 bits per heavy atom. The Labute approximate surface area is 100 Å². The maximum Gasteiger partial charge on any atom is 0.276 e. The lowest BCUT2D eigenvalue weighted by atomic mass is 10.4. The van der Waals surface area contributed by atoms with Gasteiger partial charge in [0.05, 0.1) is 23.6 Å². The second kappa shape index (κ2) is 4.74. The first-order chi connectivity index (χ1) is 8.15. The molecule has 9 heteroatoms. The van der Waals surface area contributed by atoms with E-state index in [9.17, 15) is 10.1 Å². The Kier molecular flexibility index (Phi) is 3.15. The zero-order chi connectivity index (χ0) is 12.3. The van der Waals surface area contributed by atoms with Crippen LogP contribution in [0.25, 0.3) is 0 Å². The van der Waals surface area contributed by atoms with Crippen molar-refractivity contribution < 1.29 is 4.92 Å². The summed E-state index contributed by atoms with van der Waals surface area (Å²) in [7, 11) is 0. The molecular formula is C8H7ClN6O2. The molecule has 2 N–H and O–H groups in total. The van der Waals surface area contributed by atoms with Gasteiger partial charge >= 0.3 is 0 Å². The van der Waals surface area contributed by atoms with Gasteiger partial charge in [0, 0.05) is 0 Å². The number of H-pyrrole nitrogens is 1. The highest BCUT2D eigenvalue weighted by Crippen LogP contribution is 2.20. The third-order valence-corrected chi connectivity index (χ3v) is 2.09. The molecule has 0 saturated carbocycles. The molecule has 0 aromatic carbocycles. The second-order valence-electron chi connectivity index (χ2n) is 3.08. The SMILES string of the molecule is O=[N+]([O-])c1cc(Cl)nc(NCc2ncn[nH]2)c1. The molecule has 0 bridgehead atoms. The Morgan fingerprint density at radius 1 is 1.53 bits per heavy atom. The van der Waals surface area contributed by atoms with E-state index in [4.69, 9.17) is 11.6 Å². The molecule has 2 heterocycles. The van der Waals surface area contributed by atoms with Gasteiger partial charge in [0.15, 0.2) is 0 Å². The second-order valence-corrected chi connectivity index (χ2v) is 3.46. The van der Waals surface area contributed by atoms with Crippen LogP contribution in [0.15, 0.2) is 18.5 Å². The standard InChI is InChI=1S/C8H7ClN6O2/c9-6-1-5(15(16)17)2-7(13-6)10-3-8-11-4-12-14-8/h1-2,4H,3H2,(H,10,13)(H,11,12,14). The molecular weight excluding hydrogens is 248 g/mol. The fourth-order valence-corrected chi connectivity index (χ4v) is 1.37. The predicted octanol–water partition coefficient (Wildman–Crippen LogP) is 1.37. The molecule has 0 fully saturated rings. The van der Waals surface area contributed by atoms with Crippen molar-refractivity contribution in [2.24, 2.45) is 0 Å². The highest BCUT2D eigenvalue weighted by atomic mass is 35.5. The maximum absolute atomic E-state index is 10.6. The molecule has 17 heavy (non-hydrogen) atoms. The molecule has 2 rings (SSSR count). The molecule has 88 valence electrons. The monoisotopic (exact) mass is 254 g/mol. The predicted molar refractivity (Wildman–Crippen MR) is 59.6 cm³/mol. The number of aromatic amines is 1. The molecule has 8 nitrogen and oxygen atoms in total. The third kappa shape index (κ3) is 2.88. The smallest absolute Gasteiger partial charge is 0.276 e. The summed E-state index contributed by atoms with van der Waals surface area (Å²) in [6, 6.07) is 2.48. The number of rotatable bonds is 4. The van der Waals surface area contributed by atoms with Crippen molar-refractivity contribution in [3.05, 3.63) is 39.6 Å². The van der Waals surface area contributed by atoms with Crippen molar-refractivity contribution in [3.63, 3.8) is 0 Å². The van der Waals surface area contributed by atoms with Crippen LogP contribution in [-0.4, -0.2) is 25.1 Å². The van der Waals surface area contributed by atoms with Crippen molar-refractivity contribution in [2.45, 2.75) is 6.54 Å². The summed E-state index contributed by atoms with van der Waals surface area (Å²) in [6.07, 6.45) is 1.37. The van der Waals surface area contributed by atoms with Gasteiger partial charge < -0.3 is 5.32 Å². The molecule has 0 spiro atoms. The van der Waals surface area contributed by atoms with E-state index >= 15 is 0 Å². The summed E-state index contributed by atoms with van der Waals surface area (Å²) in [5.74, 6) is 0.898. The van der Waals surface area contributed by atoms with Crippen LogP contribution in [0.1, 0.15) is 5.82 Å². The Morgan fingerprint density at radius 2 is 2.35 bits per heavy atom. The number of nitro groups is 1. The van der Waals surface area contributed by atoms with Crippen LogP contribution >= 0.6 is 11.6 Å². The molecule has 2 aromatic rings. The van der Waals surface area contributed by atoms with Gasteiger partial charge in [0.1, 0.15) is 23.1 Å². The van der Waals surface area contributed by atoms with Gasteiger partial charge in [-0.2, -0.15) is 5.10 Å². The topological polar surface area (TPSA) is 110 Å². The summed E-state index contributed by atoms with van der Waals surface area (Å²) >= 11 is 5.66. The molecule has 0 saturated heterocycles. The minimum Gasteiger partial charge on any atom is -0.363 e. The normalized spacial score (nSPS) is 10.2. The van der Waals surface area contributed by atoms with Crippen molar-refractivity contribution in [2.75, 3.05) is 5.32 Å². The number of anilines is 1. The molecule has 0 aliphatic heterocycles. The number of pyridine rings is 1. The van der Waals surface area contributed by atoms with Crippen LogP contribution in [0, 0.1) is 10.1 Å². The number of halogens is 1. The van der Waals surface area contributed by atoms with Crippen LogP contribution < -0.4 is 5.32 Å². The minimum atomic E-state index is -0.535. The lowest BCUT2D eigenvalue weighted by Crippen LogP contribution is -2.03. The summed E-state index contributed by atoms with van der Waals surface area (Å²) in [5, 5.41) is 19.8. The van der Waals surface area contributed by atoms with Crippen LogP contribution in [-0.2, 0) is 6.54 Å². The number of nitrogens with one attached hydrogen (secondary N) is 2. The first kappa shape index (κ1) is 11.3. The first-order valence-corrected chi connectivity index (χ1v) is 4.93. The molecule has 0 unspecified atom stereocenters. The highest BCUT2D eigenvalue weighted by molar-refractivity contribution is 6.29. The Bertz CT molecular complexity index is 529. The fourth-order valence-electron chi connectivity index (χ4n) is 1.17. The van der Waals surface area contributed by atoms with Gasteiger partial charge in [-0.25, -0.2) is 9.97 Å². The van der Waals surface area contributed by atoms with E-state index in [1.807, 2.05) is 0 Å². The number of aromatic nitrogens is 4. The maximum atomic E-state index is 10.6. The van der Waals surface area contributed by atoms with E-state index in [0.717, 1.165) is 0 Å². The van der Waals surface area contributed by atoms with Crippen LogP contribution in [0.4, 0.5) is 11.5 Å². The zero-order valence-corrected chi connectivity index (χ0v) is 9.18. The molecule has 0 atom stereocenters. The van der Waals surface area contributed by atoms with Gasteiger partial charge in [-0.3, -0.25) is 15.2 Å². The van der Waals surface area contributed by atoms with Crippen LogP contribution in [0.3, 0.4) is 0 Å². The highest BCUT2D eigenvalue weighted by Gasteiger charge is 2.10. The number of hydrogen-bond donors (Lipinski definition) is 2. The van der Waals surface area contributed by atoms with E-state index < -0.39 is 4.92 Å². The van der Waals surface area contributed by atoms with Gasteiger partial charge in [-0.05, 0) is 0 Å². The van der Waals surface area contributed by atoms with Crippen molar-refractivity contribution >= 4 is 23.1 Å². The van der Waals surface area contributed by atoms with Crippen molar-refractivity contribution in [1.82, 2.24) is 20.2 Å². The van der Waals surface area contributed by atoms with Crippen LogP contribution in [0.5, 0.6) is 0 Å². The lowest BCUT2D eigenvalue weighted by molar-refractivity contribution is -0.384. The molecule has 0 aliphatic carbocycles. The molecule has 2 aromatic heterocycles. The fraction of sp³-hybridized carbons (Fsp3) is 0.125. The quantitative estimate of drug-likeness (QED) is 0.484. The average Bonchev–Trinajstić information content (AvgIpc) is 2.78. The van der Waals surface area contributed by atoms with E-state index in [-0.39, 0.29) is 10.8 Å². The van der Waals surface area contributed by atoms with Gasteiger partial charge in [-0.1, -0.05) is 11.6 Å². The minimum absolute atomic E-state index is 0.0549. The van der Waals surface area contributed by atoms with Gasteiger partial charge in [-0.15, -0.1) is 0 Å². The average molecular weight is 255 g/mol. The Balaban J connectivity index is 2.13. The molecule has 0 amide bonds. The van der Waals surface area contributed by atoms with E-state index in [0.29, 0.717) is 18.2 Å². The summed E-state index contributed by atoms with van der Waals surface area (Å²) in [6.45, 7) is 0.324. The van der Waals surface area contributed by atoms with Crippen molar-refractivity contribution in [1.29, 1.82) is 0 Å². The van der Waals surface area contributed by atoms with Crippen molar-refractivity contribution in [3.8, 4) is 0 Å². The number of hydrogen-bond acceptors (Lipinski definition) is 6. The van der Waals surface area contributed by atoms with Crippen LogP contribution in [0.2, 0.25) is 5.15 Å². The lowest BCUT2D eigenvalue weighted by Gasteiger charge is -2.03. The number of nitrogens with zero attached hydrogens (tertiary/aromatic N) is 4. The Hall–Kier alpha value is -2.22. The molecule has 0 radical (unpaired) electrons. The first-order valence-electron chi connectivity index (χ1n) is 4.55. The van der Waals surface area contributed by atoms with E-state index in [1.54, 1.807) is 0 Å². The largest absolute Gasteiger partial charge is 0.363 e.